The lowest BCUT2D eigenvalue weighted by molar-refractivity contribution is -0.135. The smallest absolute Gasteiger partial charge is 0.325 e. The first-order valence-corrected chi connectivity index (χ1v) is 7.47. The lowest BCUT2D eigenvalue weighted by Gasteiger charge is -2.23. The third kappa shape index (κ3) is 3.10. The minimum Gasteiger partial charge on any atom is -0.350 e. The van der Waals surface area contributed by atoms with Gasteiger partial charge in [-0.15, -0.1) is 0 Å². The molecule has 0 unspecified atom stereocenters. The van der Waals surface area contributed by atoms with Crippen LogP contribution in [0.1, 0.15) is 32.3 Å². The fraction of sp³-hybridized carbons (Fsp3) is 0.438. The van der Waals surface area contributed by atoms with E-state index in [9.17, 15) is 14.4 Å². The highest BCUT2D eigenvalue weighted by molar-refractivity contribution is 6.08. The van der Waals surface area contributed by atoms with E-state index in [0.29, 0.717) is 19.4 Å². The van der Waals surface area contributed by atoms with Gasteiger partial charge in [-0.1, -0.05) is 44.2 Å². The van der Waals surface area contributed by atoms with E-state index in [1.807, 2.05) is 44.2 Å². The Morgan fingerprint density at radius 2 is 1.82 bits per heavy atom. The third-order valence-corrected chi connectivity index (χ3v) is 4.09. The van der Waals surface area contributed by atoms with Crippen LogP contribution >= 0.6 is 0 Å². The standard InChI is InChI=1S/C16H21N3O3/c1-3-16(4-2)14(21)19(15(22)18-16)11-13(20)17-10-12-8-6-5-7-9-12/h5-9H,3-4,10-11H2,1-2H3,(H,17,20)(H,18,22). The fourth-order valence-corrected chi connectivity index (χ4v) is 2.55. The molecule has 1 aliphatic rings. The van der Waals surface area contributed by atoms with Crippen LogP contribution in [0.15, 0.2) is 30.3 Å². The maximum absolute atomic E-state index is 12.4. The van der Waals surface area contributed by atoms with E-state index in [0.717, 1.165) is 10.5 Å². The van der Waals surface area contributed by atoms with Gasteiger partial charge in [0.05, 0.1) is 0 Å². The molecular weight excluding hydrogens is 282 g/mol. The summed E-state index contributed by atoms with van der Waals surface area (Å²) in [4.78, 5) is 37.3. The van der Waals surface area contributed by atoms with Crippen LogP contribution in [0.25, 0.3) is 0 Å². The van der Waals surface area contributed by atoms with Crippen molar-refractivity contribution in [2.75, 3.05) is 6.54 Å². The van der Waals surface area contributed by atoms with Gasteiger partial charge < -0.3 is 10.6 Å². The Labute approximate surface area is 129 Å². The molecule has 0 bridgehead atoms. The van der Waals surface area contributed by atoms with E-state index in [4.69, 9.17) is 0 Å². The minimum absolute atomic E-state index is 0.251. The average Bonchev–Trinajstić information content (AvgIpc) is 2.78. The van der Waals surface area contributed by atoms with Gasteiger partial charge in [0.15, 0.2) is 0 Å². The Morgan fingerprint density at radius 3 is 2.36 bits per heavy atom. The van der Waals surface area contributed by atoms with Crippen molar-refractivity contribution in [3.8, 4) is 0 Å². The maximum atomic E-state index is 12.4. The van der Waals surface area contributed by atoms with E-state index >= 15 is 0 Å². The molecule has 0 saturated carbocycles. The Balaban J connectivity index is 1.94. The van der Waals surface area contributed by atoms with Crippen LogP contribution in [0.3, 0.4) is 0 Å². The van der Waals surface area contributed by atoms with Gasteiger partial charge in [-0.2, -0.15) is 0 Å². The highest BCUT2D eigenvalue weighted by Gasteiger charge is 2.49. The molecule has 6 nitrogen and oxygen atoms in total. The summed E-state index contributed by atoms with van der Waals surface area (Å²) in [6, 6.07) is 8.96. The number of nitrogens with one attached hydrogen (secondary N) is 2. The van der Waals surface area contributed by atoms with E-state index in [-0.39, 0.29) is 18.4 Å². The predicted octanol–water partition coefficient (Wildman–Crippen LogP) is 1.41. The molecule has 118 valence electrons. The summed E-state index contributed by atoms with van der Waals surface area (Å²) in [7, 11) is 0. The van der Waals surface area contributed by atoms with Gasteiger partial charge >= 0.3 is 6.03 Å². The van der Waals surface area contributed by atoms with Crippen LogP contribution in [-0.4, -0.2) is 34.8 Å². The predicted molar refractivity (Wildman–Crippen MR) is 81.8 cm³/mol. The molecule has 1 aliphatic heterocycles. The molecule has 0 radical (unpaired) electrons. The molecule has 1 aromatic carbocycles. The number of carbonyl (C=O) groups is 3. The number of carbonyl (C=O) groups excluding carboxylic acids is 3. The first-order valence-electron chi connectivity index (χ1n) is 7.47. The highest BCUT2D eigenvalue weighted by atomic mass is 16.2. The zero-order valence-corrected chi connectivity index (χ0v) is 12.9. The van der Waals surface area contributed by atoms with Gasteiger partial charge in [0.25, 0.3) is 5.91 Å². The second-order valence-corrected chi connectivity index (χ2v) is 5.37. The van der Waals surface area contributed by atoms with Gasteiger partial charge in [0.2, 0.25) is 5.91 Å². The molecule has 0 spiro atoms. The van der Waals surface area contributed by atoms with Crippen LogP contribution in [0.4, 0.5) is 4.79 Å². The molecule has 1 fully saturated rings. The van der Waals surface area contributed by atoms with E-state index in [2.05, 4.69) is 10.6 Å². The van der Waals surface area contributed by atoms with Crippen LogP contribution in [-0.2, 0) is 16.1 Å². The molecule has 2 rings (SSSR count). The fourth-order valence-electron chi connectivity index (χ4n) is 2.55. The topological polar surface area (TPSA) is 78.5 Å². The first-order chi connectivity index (χ1) is 10.5. The van der Waals surface area contributed by atoms with E-state index in [1.54, 1.807) is 0 Å². The monoisotopic (exact) mass is 303 g/mol. The van der Waals surface area contributed by atoms with Gasteiger partial charge in [-0.25, -0.2) is 4.79 Å². The number of nitrogens with zero attached hydrogens (tertiary/aromatic N) is 1. The Kier molecular flexibility index (Phi) is 4.80. The Hall–Kier alpha value is -2.37. The molecule has 1 aromatic rings. The third-order valence-electron chi connectivity index (χ3n) is 4.09. The van der Waals surface area contributed by atoms with Crippen LogP contribution < -0.4 is 10.6 Å². The zero-order chi connectivity index (χ0) is 16.2. The maximum Gasteiger partial charge on any atom is 0.325 e. The second-order valence-electron chi connectivity index (χ2n) is 5.37. The van der Waals surface area contributed by atoms with Gasteiger partial charge in [-0.05, 0) is 18.4 Å². The molecular formula is C16H21N3O3. The molecule has 1 saturated heterocycles. The summed E-state index contributed by atoms with van der Waals surface area (Å²) < 4.78 is 0. The lowest BCUT2D eigenvalue weighted by atomic mass is 9.93. The molecule has 0 atom stereocenters. The van der Waals surface area contributed by atoms with Gasteiger partial charge in [-0.3, -0.25) is 14.5 Å². The zero-order valence-electron chi connectivity index (χ0n) is 12.9. The summed E-state index contributed by atoms with van der Waals surface area (Å²) in [5, 5.41) is 5.42. The van der Waals surface area contributed by atoms with Gasteiger partial charge in [0.1, 0.15) is 12.1 Å². The molecule has 0 aliphatic carbocycles. The Morgan fingerprint density at radius 1 is 1.18 bits per heavy atom. The largest absolute Gasteiger partial charge is 0.350 e. The summed E-state index contributed by atoms with van der Waals surface area (Å²) in [6.07, 6.45) is 1.02. The molecule has 2 N–H and O–H groups in total. The lowest BCUT2D eigenvalue weighted by Crippen LogP contribution is -2.46. The number of amides is 4. The van der Waals surface area contributed by atoms with Crippen molar-refractivity contribution in [1.29, 1.82) is 0 Å². The number of hydrogen-bond donors (Lipinski definition) is 2. The normalized spacial score (nSPS) is 16.5. The number of hydrogen-bond acceptors (Lipinski definition) is 3. The number of imide groups is 1. The van der Waals surface area contributed by atoms with Crippen LogP contribution in [0, 0.1) is 0 Å². The molecule has 0 aromatic heterocycles. The van der Waals surface area contributed by atoms with Crippen molar-refractivity contribution in [2.24, 2.45) is 0 Å². The second kappa shape index (κ2) is 6.60. The summed E-state index contributed by atoms with van der Waals surface area (Å²) in [6.45, 7) is 3.82. The number of rotatable bonds is 6. The molecule has 1 heterocycles. The average molecular weight is 303 g/mol. The first kappa shape index (κ1) is 16.0. The SMILES string of the molecule is CCC1(CC)NC(=O)N(CC(=O)NCc2ccccc2)C1=O. The van der Waals surface area contributed by atoms with Crippen molar-refractivity contribution in [2.45, 2.75) is 38.8 Å². The van der Waals surface area contributed by atoms with Crippen molar-refractivity contribution >= 4 is 17.8 Å². The van der Waals surface area contributed by atoms with E-state index in [1.165, 1.54) is 0 Å². The summed E-state index contributed by atoms with van der Waals surface area (Å²) in [5.41, 5.74) is 0.0982. The highest BCUT2D eigenvalue weighted by Crippen LogP contribution is 2.24. The number of benzene rings is 1. The van der Waals surface area contributed by atoms with Crippen LogP contribution in [0.2, 0.25) is 0 Å². The summed E-state index contributed by atoms with van der Waals surface area (Å²) >= 11 is 0. The van der Waals surface area contributed by atoms with E-state index < -0.39 is 11.6 Å². The minimum atomic E-state index is -0.864. The molecule has 4 amide bonds. The number of urea groups is 1. The van der Waals surface area contributed by atoms with Crippen molar-refractivity contribution < 1.29 is 14.4 Å². The summed E-state index contributed by atoms with van der Waals surface area (Å²) in [5.74, 6) is -0.673. The quantitative estimate of drug-likeness (QED) is 0.780. The molecule has 6 heteroatoms. The molecule has 22 heavy (non-hydrogen) atoms. The van der Waals surface area contributed by atoms with Crippen molar-refractivity contribution in [1.82, 2.24) is 15.5 Å². The van der Waals surface area contributed by atoms with Gasteiger partial charge in [0, 0.05) is 6.54 Å². The Bertz CT molecular complexity index is 567. The van der Waals surface area contributed by atoms with Crippen LogP contribution in [0.5, 0.6) is 0 Å². The van der Waals surface area contributed by atoms with Crippen molar-refractivity contribution in [3.05, 3.63) is 35.9 Å². The van der Waals surface area contributed by atoms with Crippen molar-refractivity contribution in [3.63, 3.8) is 0 Å².